The maximum atomic E-state index is 13.5. The first-order valence-electron chi connectivity index (χ1n) is 12.0. The number of nitrogens with zero attached hydrogens (tertiary/aromatic N) is 3. The molecule has 0 spiro atoms. The van der Waals surface area contributed by atoms with E-state index in [9.17, 15) is 4.79 Å². The van der Waals surface area contributed by atoms with Gasteiger partial charge in [0, 0.05) is 36.4 Å². The average molecular weight is 444 g/mol. The Morgan fingerprint density at radius 1 is 1.06 bits per heavy atom. The van der Waals surface area contributed by atoms with Crippen LogP contribution in [-0.4, -0.2) is 32.6 Å². The topological polar surface area (TPSA) is 55.3 Å². The summed E-state index contributed by atoms with van der Waals surface area (Å²) in [7, 11) is 0. The van der Waals surface area contributed by atoms with Gasteiger partial charge in [-0.3, -0.25) is 14.9 Å². The highest BCUT2D eigenvalue weighted by molar-refractivity contribution is 5.83. The van der Waals surface area contributed by atoms with Crippen LogP contribution in [0.2, 0.25) is 0 Å². The van der Waals surface area contributed by atoms with Crippen molar-refractivity contribution in [3.63, 3.8) is 0 Å². The minimum atomic E-state index is -0.546. The van der Waals surface area contributed by atoms with Gasteiger partial charge in [-0.05, 0) is 93.0 Å². The number of carbonyl (C=O) groups excluding carboxylic acids is 1. The van der Waals surface area contributed by atoms with Gasteiger partial charge < -0.3 is 4.74 Å². The summed E-state index contributed by atoms with van der Waals surface area (Å²) in [6.07, 6.45) is 15.8. The van der Waals surface area contributed by atoms with Crippen LogP contribution in [0.15, 0.2) is 61.2 Å². The molecule has 5 rings (SSSR count). The Morgan fingerprint density at radius 2 is 1.76 bits per heavy atom. The molecule has 3 aliphatic rings. The van der Waals surface area contributed by atoms with Crippen molar-refractivity contribution in [3.05, 3.63) is 72.3 Å². The summed E-state index contributed by atoms with van der Waals surface area (Å²) in [4.78, 5) is 24.1. The highest BCUT2D eigenvalue weighted by Crippen LogP contribution is 2.60. The van der Waals surface area contributed by atoms with Crippen molar-refractivity contribution in [1.29, 1.82) is 0 Å². The molecule has 172 valence electrons. The number of ether oxygens (including phenoxy) is 1. The number of aromatic nitrogens is 2. The van der Waals surface area contributed by atoms with Crippen molar-refractivity contribution in [2.45, 2.75) is 65.0 Å². The third-order valence-electron chi connectivity index (χ3n) is 7.67. The first kappa shape index (κ1) is 21.9. The van der Waals surface area contributed by atoms with Crippen LogP contribution in [0.4, 0.5) is 4.79 Å². The molecule has 1 unspecified atom stereocenters. The number of rotatable bonds is 2. The molecule has 2 aromatic heterocycles. The lowest BCUT2D eigenvalue weighted by Crippen LogP contribution is -2.54. The summed E-state index contributed by atoms with van der Waals surface area (Å²) in [6, 6.07) is 8.27. The molecule has 2 aliphatic carbocycles. The van der Waals surface area contributed by atoms with Crippen molar-refractivity contribution in [2.24, 2.45) is 17.3 Å². The second-order valence-electron chi connectivity index (χ2n) is 10.8. The van der Waals surface area contributed by atoms with E-state index in [0.29, 0.717) is 11.8 Å². The van der Waals surface area contributed by atoms with E-state index in [-0.39, 0.29) is 17.6 Å². The zero-order valence-electron chi connectivity index (χ0n) is 20.0. The van der Waals surface area contributed by atoms with Crippen LogP contribution in [0.1, 0.15) is 64.5 Å². The van der Waals surface area contributed by atoms with Gasteiger partial charge in [0.15, 0.2) is 0 Å². The van der Waals surface area contributed by atoms with Gasteiger partial charge in [0.25, 0.3) is 0 Å². The van der Waals surface area contributed by atoms with E-state index in [0.717, 1.165) is 36.9 Å². The van der Waals surface area contributed by atoms with Crippen LogP contribution >= 0.6 is 0 Å². The summed E-state index contributed by atoms with van der Waals surface area (Å²) in [6.45, 7) is 8.20. The molecule has 1 amide bonds. The largest absolute Gasteiger partial charge is 0.443 e. The molecule has 2 aromatic rings. The molecule has 0 radical (unpaired) electrons. The lowest BCUT2D eigenvalue weighted by Gasteiger charge is -2.53. The van der Waals surface area contributed by atoms with Crippen LogP contribution < -0.4 is 0 Å². The predicted molar refractivity (Wildman–Crippen MR) is 130 cm³/mol. The average Bonchev–Trinajstić information content (AvgIpc) is 3.15. The second-order valence-corrected chi connectivity index (χ2v) is 10.8. The van der Waals surface area contributed by atoms with E-state index in [2.05, 4.69) is 35.1 Å². The molecule has 3 heterocycles. The van der Waals surface area contributed by atoms with Crippen molar-refractivity contribution in [3.8, 4) is 0 Å². The van der Waals surface area contributed by atoms with Crippen molar-refractivity contribution in [2.75, 3.05) is 0 Å². The van der Waals surface area contributed by atoms with E-state index in [1.54, 1.807) is 6.20 Å². The maximum absolute atomic E-state index is 13.5. The SMILES string of the molecule is CC(C)(C)OC(=O)N1C(c2cccnc2)=CC[C@H]2C3CC=C(c4cccnc4)[C@@]3(C)CC[C@@H]21. The predicted octanol–water partition coefficient (Wildman–Crippen LogP) is 6.35. The molecular weight excluding hydrogens is 410 g/mol. The first-order valence-corrected chi connectivity index (χ1v) is 12.0. The monoisotopic (exact) mass is 443 g/mol. The standard InChI is InChI=1S/C28H33N3O2/c1-27(2,3)33-26(32)31-24(20-8-6-16-30-18-20)12-9-21-23-11-10-22(19-7-5-15-29-17-19)28(23,4)14-13-25(21)31/h5-8,10,12,15-18,21,23,25H,9,11,13-14H2,1-4H3/t21-,23?,25-,28+/m0/s1. The second kappa shape index (κ2) is 8.12. The zero-order valence-corrected chi connectivity index (χ0v) is 20.0. The van der Waals surface area contributed by atoms with Gasteiger partial charge in [-0.25, -0.2) is 4.79 Å². The summed E-state index contributed by atoms with van der Waals surface area (Å²) in [5, 5.41) is 0. The van der Waals surface area contributed by atoms with Crippen molar-refractivity contribution >= 4 is 17.4 Å². The van der Waals surface area contributed by atoms with Crippen LogP contribution in [0.25, 0.3) is 11.3 Å². The molecule has 0 bridgehead atoms. The summed E-state index contributed by atoms with van der Waals surface area (Å²) < 4.78 is 5.91. The number of fused-ring (bicyclic) bond motifs is 3. The fraction of sp³-hybridized carbons (Fsp3) is 0.464. The quantitative estimate of drug-likeness (QED) is 0.543. The molecule has 1 saturated carbocycles. The van der Waals surface area contributed by atoms with Gasteiger partial charge in [-0.15, -0.1) is 0 Å². The van der Waals surface area contributed by atoms with Gasteiger partial charge in [0.2, 0.25) is 0 Å². The molecule has 1 aliphatic heterocycles. The smallest absolute Gasteiger partial charge is 0.415 e. The van der Waals surface area contributed by atoms with Crippen molar-refractivity contribution < 1.29 is 9.53 Å². The molecule has 5 heteroatoms. The number of hydrogen-bond acceptors (Lipinski definition) is 4. The zero-order chi connectivity index (χ0) is 23.2. The minimum absolute atomic E-state index is 0.101. The summed E-state index contributed by atoms with van der Waals surface area (Å²) in [5.41, 5.74) is 4.10. The van der Waals surface area contributed by atoms with Gasteiger partial charge in [-0.1, -0.05) is 25.1 Å². The molecule has 4 atom stereocenters. The molecule has 33 heavy (non-hydrogen) atoms. The van der Waals surface area contributed by atoms with E-state index in [4.69, 9.17) is 4.74 Å². The van der Waals surface area contributed by atoms with Gasteiger partial charge in [0.05, 0.1) is 5.70 Å². The molecular formula is C28H33N3O2. The third-order valence-corrected chi connectivity index (χ3v) is 7.67. The molecule has 5 nitrogen and oxygen atoms in total. The Balaban J connectivity index is 1.50. The third kappa shape index (κ3) is 3.88. The van der Waals surface area contributed by atoms with E-state index >= 15 is 0 Å². The van der Waals surface area contributed by atoms with E-state index < -0.39 is 5.60 Å². The van der Waals surface area contributed by atoms with Gasteiger partial charge in [-0.2, -0.15) is 0 Å². The number of pyridine rings is 2. The Morgan fingerprint density at radius 3 is 2.39 bits per heavy atom. The Bertz CT molecular complexity index is 1090. The Labute approximate surface area is 196 Å². The van der Waals surface area contributed by atoms with Crippen molar-refractivity contribution in [1.82, 2.24) is 14.9 Å². The molecule has 0 N–H and O–H groups in total. The van der Waals surface area contributed by atoms with E-state index in [1.807, 2.05) is 62.5 Å². The highest BCUT2D eigenvalue weighted by Gasteiger charge is 2.54. The lowest BCUT2D eigenvalue weighted by atomic mass is 9.58. The van der Waals surface area contributed by atoms with Crippen LogP contribution in [0, 0.1) is 17.3 Å². The molecule has 0 saturated heterocycles. The van der Waals surface area contributed by atoms with E-state index in [1.165, 1.54) is 11.1 Å². The molecule has 0 aromatic carbocycles. The number of allylic oxidation sites excluding steroid dienone is 3. The van der Waals surface area contributed by atoms with Crippen LogP contribution in [0.5, 0.6) is 0 Å². The Hall–Kier alpha value is -2.95. The normalized spacial score (nSPS) is 29.0. The van der Waals surface area contributed by atoms with Crippen LogP contribution in [0.3, 0.4) is 0 Å². The first-order chi connectivity index (χ1) is 15.8. The maximum Gasteiger partial charge on any atom is 0.415 e. The highest BCUT2D eigenvalue weighted by atomic mass is 16.6. The number of hydrogen-bond donors (Lipinski definition) is 0. The molecule has 1 fully saturated rings. The van der Waals surface area contributed by atoms with Crippen LogP contribution in [-0.2, 0) is 4.74 Å². The fourth-order valence-corrected chi connectivity index (χ4v) is 6.29. The van der Waals surface area contributed by atoms with Gasteiger partial charge >= 0.3 is 6.09 Å². The number of amides is 1. The summed E-state index contributed by atoms with van der Waals surface area (Å²) >= 11 is 0. The number of carbonyl (C=O) groups is 1. The lowest BCUT2D eigenvalue weighted by molar-refractivity contribution is -0.00179. The van der Waals surface area contributed by atoms with Gasteiger partial charge in [0.1, 0.15) is 5.60 Å². The minimum Gasteiger partial charge on any atom is -0.443 e. The fourth-order valence-electron chi connectivity index (χ4n) is 6.29. The Kier molecular flexibility index (Phi) is 5.38. The summed E-state index contributed by atoms with van der Waals surface area (Å²) in [5.74, 6) is 0.880.